The Morgan fingerprint density at radius 3 is 2.79 bits per heavy atom. The molecule has 0 unspecified atom stereocenters. The molecule has 10 heteroatoms. The first-order chi connectivity index (χ1) is 13.5. The number of aromatic amines is 1. The number of hydrogen-bond acceptors (Lipinski definition) is 7. The molecule has 2 N–H and O–H groups in total. The molecule has 0 saturated carbocycles. The number of nitrogens with zero attached hydrogens (tertiary/aromatic N) is 3. The molecule has 0 radical (unpaired) electrons. The maximum absolute atomic E-state index is 12.2. The maximum atomic E-state index is 12.2. The fourth-order valence-corrected chi connectivity index (χ4v) is 3.04. The number of rotatable bonds is 8. The van der Waals surface area contributed by atoms with Crippen molar-refractivity contribution in [3.05, 3.63) is 70.0 Å². The third kappa shape index (κ3) is 5.07. The van der Waals surface area contributed by atoms with Crippen LogP contribution in [0.25, 0.3) is 0 Å². The van der Waals surface area contributed by atoms with E-state index in [1.807, 2.05) is 30.3 Å². The molecule has 2 aromatic carbocycles. The number of nitro groups is 1. The average Bonchev–Trinajstić information content (AvgIpc) is 3.14. The molecule has 0 atom stereocenters. The van der Waals surface area contributed by atoms with Gasteiger partial charge in [0.2, 0.25) is 11.1 Å². The largest absolute Gasteiger partial charge is 0.494 e. The zero-order chi connectivity index (χ0) is 19.9. The molecule has 0 fully saturated rings. The Balaban J connectivity index is 1.55. The van der Waals surface area contributed by atoms with Crippen molar-refractivity contribution in [1.82, 2.24) is 15.2 Å². The third-order valence-corrected chi connectivity index (χ3v) is 4.58. The molecule has 1 aromatic heterocycles. The molecule has 1 amide bonds. The Bertz CT molecular complexity index is 977. The molecule has 3 rings (SSSR count). The van der Waals surface area contributed by atoms with Gasteiger partial charge in [0.15, 0.2) is 0 Å². The molecular weight excluding hydrogens is 382 g/mol. The first kappa shape index (κ1) is 19.4. The van der Waals surface area contributed by atoms with E-state index in [2.05, 4.69) is 20.5 Å². The van der Waals surface area contributed by atoms with Gasteiger partial charge in [0.05, 0.1) is 29.5 Å². The van der Waals surface area contributed by atoms with Gasteiger partial charge in [0.1, 0.15) is 11.6 Å². The van der Waals surface area contributed by atoms with Gasteiger partial charge in [0, 0.05) is 12.5 Å². The summed E-state index contributed by atoms with van der Waals surface area (Å²) in [5, 5.41) is 20.9. The normalized spacial score (nSPS) is 10.5. The topological polar surface area (TPSA) is 123 Å². The molecule has 0 aliphatic rings. The molecule has 0 aliphatic carbocycles. The van der Waals surface area contributed by atoms with Gasteiger partial charge in [-0.25, -0.2) is 4.98 Å². The summed E-state index contributed by atoms with van der Waals surface area (Å²) in [6, 6.07) is 13.9. The van der Waals surface area contributed by atoms with E-state index in [0.717, 1.165) is 5.56 Å². The third-order valence-electron chi connectivity index (χ3n) is 3.73. The summed E-state index contributed by atoms with van der Waals surface area (Å²) < 4.78 is 5.10. The van der Waals surface area contributed by atoms with Crippen LogP contribution < -0.4 is 10.1 Å². The molecule has 3 aromatic rings. The fraction of sp³-hybridized carbons (Fsp3) is 0.167. The van der Waals surface area contributed by atoms with Gasteiger partial charge in [-0.1, -0.05) is 42.1 Å². The lowest BCUT2D eigenvalue weighted by molar-refractivity contribution is -0.384. The van der Waals surface area contributed by atoms with Crippen LogP contribution in [-0.4, -0.2) is 38.9 Å². The highest BCUT2D eigenvalue weighted by atomic mass is 32.2. The van der Waals surface area contributed by atoms with Crippen molar-refractivity contribution in [3.63, 3.8) is 0 Å². The van der Waals surface area contributed by atoms with E-state index in [0.29, 0.717) is 23.1 Å². The van der Waals surface area contributed by atoms with Gasteiger partial charge in [-0.15, -0.1) is 5.10 Å². The van der Waals surface area contributed by atoms with Crippen LogP contribution in [0.1, 0.15) is 11.4 Å². The molecule has 0 spiro atoms. The van der Waals surface area contributed by atoms with Gasteiger partial charge in [-0.2, -0.15) is 0 Å². The highest BCUT2D eigenvalue weighted by molar-refractivity contribution is 7.99. The Morgan fingerprint density at radius 2 is 2.07 bits per heavy atom. The number of carbonyl (C=O) groups is 1. The second-order valence-electron chi connectivity index (χ2n) is 5.71. The Morgan fingerprint density at radius 1 is 1.29 bits per heavy atom. The van der Waals surface area contributed by atoms with Crippen molar-refractivity contribution in [2.75, 3.05) is 18.2 Å². The minimum Gasteiger partial charge on any atom is -0.494 e. The number of anilines is 1. The van der Waals surface area contributed by atoms with Gasteiger partial charge in [-0.05, 0) is 11.6 Å². The summed E-state index contributed by atoms with van der Waals surface area (Å²) in [6.07, 6.45) is 0.626. The smallest absolute Gasteiger partial charge is 0.273 e. The van der Waals surface area contributed by atoms with E-state index in [-0.39, 0.29) is 23.1 Å². The SMILES string of the molecule is COc1cc([N+](=O)[O-])ccc1NC(=O)CSc1n[nH]c(Cc2ccccc2)n1. The summed E-state index contributed by atoms with van der Waals surface area (Å²) in [4.78, 5) is 26.8. The summed E-state index contributed by atoms with van der Waals surface area (Å²) in [5.41, 5.74) is 1.35. The van der Waals surface area contributed by atoms with Gasteiger partial charge >= 0.3 is 0 Å². The molecular formula is C18H17N5O4S. The minimum absolute atomic E-state index is 0.0861. The average molecular weight is 399 g/mol. The number of amides is 1. The Kier molecular flexibility index (Phi) is 6.22. The summed E-state index contributed by atoms with van der Waals surface area (Å²) in [7, 11) is 1.38. The number of nitro benzene ring substituents is 1. The molecule has 144 valence electrons. The van der Waals surface area contributed by atoms with E-state index in [1.54, 1.807) is 0 Å². The van der Waals surface area contributed by atoms with Crippen LogP contribution in [0.3, 0.4) is 0 Å². The molecule has 0 bridgehead atoms. The monoisotopic (exact) mass is 399 g/mol. The highest BCUT2D eigenvalue weighted by Crippen LogP contribution is 2.29. The number of carbonyl (C=O) groups excluding carboxylic acids is 1. The molecule has 28 heavy (non-hydrogen) atoms. The lowest BCUT2D eigenvalue weighted by Gasteiger charge is -2.09. The number of nitrogens with one attached hydrogen (secondary N) is 2. The summed E-state index contributed by atoms with van der Waals surface area (Å²) >= 11 is 1.19. The predicted octanol–water partition coefficient (Wildman–Crippen LogP) is 3.04. The van der Waals surface area contributed by atoms with Crippen molar-refractivity contribution in [3.8, 4) is 5.75 Å². The van der Waals surface area contributed by atoms with Crippen LogP contribution >= 0.6 is 11.8 Å². The fourth-order valence-electron chi connectivity index (χ4n) is 2.42. The summed E-state index contributed by atoms with van der Waals surface area (Å²) in [6.45, 7) is 0. The number of hydrogen-bond donors (Lipinski definition) is 2. The number of benzene rings is 2. The van der Waals surface area contributed by atoms with E-state index >= 15 is 0 Å². The number of methoxy groups -OCH3 is 1. The zero-order valence-corrected chi connectivity index (χ0v) is 15.7. The summed E-state index contributed by atoms with van der Waals surface area (Å²) in [5.74, 6) is 0.719. The number of aromatic nitrogens is 3. The second-order valence-corrected chi connectivity index (χ2v) is 6.65. The van der Waals surface area contributed by atoms with Crippen LogP contribution in [0.5, 0.6) is 5.75 Å². The van der Waals surface area contributed by atoms with Crippen molar-refractivity contribution in [2.45, 2.75) is 11.6 Å². The lowest BCUT2D eigenvalue weighted by Crippen LogP contribution is -2.15. The van der Waals surface area contributed by atoms with Crippen LogP contribution in [0.2, 0.25) is 0 Å². The lowest BCUT2D eigenvalue weighted by atomic mass is 10.1. The number of thioether (sulfide) groups is 1. The Hall–Kier alpha value is -3.40. The van der Waals surface area contributed by atoms with Crippen LogP contribution in [-0.2, 0) is 11.2 Å². The zero-order valence-electron chi connectivity index (χ0n) is 14.9. The van der Waals surface area contributed by atoms with Crippen LogP contribution in [0, 0.1) is 10.1 Å². The van der Waals surface area contributed by atoms with Crippen LogP contribution in [0.4, 0.5) is 11.4 Å². The molecule has 0 saturated heterocycles. The van der Waals surface area contributed by atoms with Crippen molar-refractivity contribution >= 4 is 29.0 Å². The predicted molar refractivity (Wildman–Crippen MR) is 105 cm³/mol. The quantitative estimate of drug-likeness (QED) is 0.339. The van der Waals surface area contributed by atoms with E-state index < -0.39 is 4.92 Å². The number of non-ortho nitro benzene ring substituents is 1. The van der Waals surface area contributed by atoms with Crippen molar-refractivity contribution in [2.24, 2.45) is 0 Å². The Labute approximate surface area is 164 Å². The molecule has 0 aliphatic heterocycles. The van der Waals surface area contributed by atoms with E-state index in [4.69, 9.17) is 4.74 Å². The van der Waals surface area contributed by atoms with Gasteiger partial charge in [-0.3, -0.25) is 20.0 Å². The number of H-pyrrole nitrogens is 1. The molecule has 9 nitrogen and oxygen atoms in total. The van der Waals surface area contributed by atoms with E-state index in [9.17, 15) is 14.9 Å². The van der Waals surface area contributed by atoms with Gasteiger partial charge in [0.25, 0.3) is 5.69 Å². The first-order valence-electron chi connectivity index (χ1n) is 8.25. The highest BCUT2D eigenvalue weighted by Gasteiger charge is 2.14. The first-order valence-corrected chi connectivity index (χ1v) is 9.24. The standard InChI is InChI=1S/C18H17N5O4S/c1-27-15-10-13(23(25)26)7-8-14(15)19-17(24)11-28-18-20-16(21-22-18)9-12-5-3-2-4-6-12/h2-8,10H,9,11H2,1H3,(H,19,24)(H,20,21,22). The van der Waals surface area contributed by atoms with Crippen molar-refractivity contribution < 1.29 is 14.5 Å². The number of ether oxygens (including phenoxy) is 1. The minimum atomic E-state index is -0.528. The van der Waals surface area contributed by atoms with Crippen molar-refractivity contribution in [1.29, 1.82) is 0 Å². The van der Waals surface area contributed by atoms with E-state index in [1.165, 1.54) is 37.1 Å². The van der Waals surface area contributed by atoms with Crippen LogP contribution in [0.15, 0.2) is 53.7 Å². The maximum Gasteiger partial charge on any atom is 0.273 e. The molecule has 1 heterocycles. The second kappa shape index (κ2) is 9.00. The van der Waals surface area contributed by atoms with Gasteiger partial charge < -0.3 is 10.1 Å².